The molecule has 1 aromatic heterocycles. The lowest BCUT2D eigenvalue weighted by atomic mass is 10.1. The van der Waals surface area contributed by atoms with Crippen molar-refractivity contribution in [2.75, 3.05) is 5.32 Å². The first-order valence-electron chi connectivity index (χ1n) is 6.44. The molecule has 2 rings (SSSR count). The van der Waals surface area contributed by atoms with Gasteiger partial charge in [0.2, 0.25) is 0 Å². The van der Waals surface area contributed by atoms with Crippen LogP contribution >= 0.6 is 0 Å². The third kappa shape index (κ3) is 2.76. The van der Waals surface area contributed by atoms with E-state index in [0.717, 1.165) is 23.4 Å². The van der Waals surface area contributed by atoms with E-state index >= 15 is 0 Å². The minimum Gasteiger partial charge on any atom is -0.377 e. The normalized spacial score (nSPS) is 11.9. The number of aromatic nitrogens is 2. The summed E-state index contributed by atoms with van der Waals surface area (Å²) in [6, 6.07) is 8.22. The third-order valence-corrected chi connectivity index (χ3v) is 3.23. The second-order valence-electron chi connectivity index (χ2n) is 4.60. The van der Waals surface area contributed by atoms with Crippen LogP contribution in [-0.4, -0.2) is 9.78 Å². The first kappa shape index (κ1) is 13.2. The number of benzene rings is 1. The van der Waals surface area contributed by atoms with Gasteiger partial charge >= 0.3 is 0 Å². The monoisotopic (exact) mass is 254 g/mol. The predicted octanol–water partition coefficient (Wildman–Crippen LogP) is 3.26. The highest BCUT2D eigenvalue weighted by atomic mass is 15.3. The van der Waals surface area contributed by atoms with Crippen LogP contribution in [0.25, 0.3) is 0 Å². The molecule has 0 radical (unpaired) electrons. The van der Waals surface area contributed by atoms with Crippen molar-refractivity contribution in [2.45, 2.75) is 33.4 Å². The molecule has 1 unspecified atom stereocenters. The fraction of sp³-hybridized carbons (Fsp3) is 0.333. The molecule has 0 spiro atoms. The van der Waals surface area contributed by atoms with E-state index in [1.807, 2.05) is 42.2 Å². The van der Waals surface area contributed by atoms with Crippen LogP contribution in [0.1, 0.15) is 36.6 Å². The summed E-state index contributed by atoms with van der Waals surface area (Å²) in [7, 11) is 0. The molecular formula is C15H18N4. The van der Waals surface area contributed by atoms with Gasteiger partial charge in [0.05, 0.1) is 23.5 Å². The molecule has 4 heteroatoms. The van der Waals surface area contributed by atoms with Gasteiger partial charge in [0.15, 0.2) is 0 Å². The topological polar surface area (TPSA) is 53.6 Å². The highest BCUT2D eigenvalue weighted by molar-refractivity contribution is 5.61. The number of nitrogens with zero attached hydrogens (tertiary/aromatic N) is 3. The van der Waals surface area contributed by atoms with E-state index in [1.165, 1.54) is 0 Å². The Labute approximate surface area is 113 Å². The van der Waals surface area contributed by atoms with Crippen molar-refractivity contribution in [2.24, 2.45) is 0 Å². The Morgan fingerprint density at radius 2 is 2.26 bits per heavy atom. The Bertz CT molecular complexity index is 607. The lowest BCUT2D eigenvalue weighted by molar-refractivity contribution is 0.658. The lowest BCUT2D eigenvalue weighted by Crippen LogP contribution is -2.07. The highest BCUT2D eigenvalue weighted by Crippen LogP contribution is 2.23. The number of anilines is 1. The molecule has 19 heavy (non-hydrogen) atoms. The van der Waals surface area contributed by atoms with Gasteiger partial charge in [-0.2, -0.15) is 10.4 Å². The molecule has 1 aromatic carbocycles. The third-order valence-electron chi connectivity index (χ3n) is 3.23. The Morgan fingerprint density at radius 3 is 2.89 bits per heavy atom. The lowest BCUT2D eigenvalue weighted by Gasteiger charge is -2.15. The fourth-order valence-electron chi connectivity index (χ4n) is 2.03. The van der Waals surface area contributed by atoms with Crippen molar-refractivity contribution in [3.63, 3.8) is 0 Å². The maximum Gasteiger partial charge on any atom is 0.102 e. The summed E-state index contributed by atoms with van der Waals surface area (Å²) in [6.07, 6.45) is 3.89. The van der Waals surface area contributed by atoms with Crippen molar-refractivity contribution >= 4 is 5.69 Å². The van der Waals surface area contributed by atoms with Gasteiger partial charge < -0.3 is 5.32 Å². The average molecular weight is 254 g/mol. The molecule has 0 saturated carbocycles. The fourth-order valence-corrected chi connectivity index (χ4v) is 2.03. The molecule has 98 valence electrons. The molecule has 0 aliphatic carbocycles. The van der Waals surface area contributed by atoms with Crippen LogP contribution in [0.4, 0.5) is 5.69 Å². The van der Waals surface area contributed by atoms with Crippen LogP contribution in [0.15, 0.2) is 30.6 Å². The van der Waals surface area contributed by atoms with Crippen molar-refractivity contribution in [1.29, 1.82) is 5.26 Å². The van der Waals surface area contributed by atoms with Gasteiger partial charge in [-0.3, -0.25) is 4.68 Å². The van der Waals surface area contributed by atoms with E-state index in [9.17, 15) is 5.26 Å². The highest BCUT2D eigenvalue weighted by Gasteiger charge is 2.11. The number of hydrogen-bond acceptors (Lipinski definition) is 3. The van der Waals surface area contributed by atoms with Gasteiger partial charge in [-0.25, -0.2) is 0 Å². The molecule has 1 N–H and O–H groups in total. The first-order valence-corrected chi connectivity index (χ1v) is 6.44. The molecule has 0 saturated heterocycles. The van der Waals surface area contributed by atoms with Crippen LogP contribution in [0.5, 0.6) is 0 Å². The van der Waals surface area contributed by atoms with Crippen molar-refractivity contribution in [3.05, 3.63) is 47.3 Å². The molecule has 2 aromatic rings. The van der Waals surface area contributed by atoms with E-state index in [0.29, 0.717) is 5.56 Å². The standard InChI is InChI=1S/C15H18N4/c1-4-19-10-13(9-17-19)12(3)18-15-7-5-6-11(2)14(15)8-16/h5-7,9-10,12,18H,4H2,1-3H3. The molecule has 1 heterocycles. The number of rotatable bonds is 4. The van der Waals surface area contributed by atoms with Gasteiger partial charge in [0, 0.05) is 18.3 Å². The molecule has 0 fully saturated rings. The summed E-state index contributed by atoms with van der Waals surface area (Å²) in [5.74, 6) is 0. The SMILES string of the molecule is CCn1cc(C(C)Nc2cccc(C)c2C#N)cn1. The van der Waals surface area contributed by atoms with Gasteiger partial charge in [-0.15, -0.1) is 0 Å². The molecule has 1 atom stereocenters. The first-order chi connectivity index (χ1) is 9.15. The van der Waals surface area contributed by atoms with Crippen molar-refractivity contribution in [3.8, 4) is 6.07 Å². The van der Waals surface area contributed by atoms with Crippen molar-refractivity contribution < 1.29 is 0 Å². The summed E-state index contributed by atoms with van der Waals surface area (Å²) < 4.78 is 1.90. The van der Waals surface area contributed by atoms with Crippen LogP contribution < -0.4 is 5.32 Å². The Kier molecular flexibility index (Phi) is 3.86. The number of hydrogen-bond donors (Lipinski definition) is 1. The Balaban J connectivity index is 2.22. The summed E-state index contributed by atoms with van der Waals surface area (Å²) in [5.41, 5.74) is 3.69. The summed E-state index contributed by atoms with van der Waals surface area (Å²) >= 11 is 0. The second-order valence-corrected chi connectivity index (χ2v) is 4.60. The Morgan fingerprint density at radius 1 is 1.47 bits per heavy atom. The van der Waals surface area contributed by atoms with E-state index in [4.69, 9.17) is 0 Å². The van der Waals surface area contributed by atoms with Crippen LogP contribution in [0, 0.1) is 18.3 Å². The molecular weight excluding hydrogens is 236 g/mol. The summed E-state index contributed by atoms with van der Waals surface area (Å²) in [5, 5.41) is 16.9. The Hall–Kier alpha value is -2.28. The minimum absolute atomic E-state index is 0.120. The van der Waals surface area contributed by atoms with Crippen LogP contribution in [0.2, 0.25) is 0 Å². The average Bonchev–Trinajstić information content (AvgIpc) is 2.88. The summed E-state index contributed by atoms with van der Waals surface area (Å²) in [4.78, 5) is 0. The van der Waals surface area contributed by atoms with Crippen molar-refractivity contribution in [1.82, 2.24) is 9.78 Å². The smallest absolute Gasteiger partial charge is 0.102 e. The predicted molar refractivity (Wildman–Crippen MR) is 75.8 cm³/mol. The van der Waals surface area contributed by atoms with Crippen LogP contribution in [-0.2, 0) is 6.54 Å². The van der Waals surface area contributed by atoms with E-state index in [2.05, 4.69) is 30.3 Å². The van der Waals surface area contributed by atoms with E-state index in [-0.39, 0.29) is 6.04 Å². The quantitative estimate of drug-likeness (QED) is 0.911. The van der Waals surface area contributed by atoms with Gasteiger partial charge in [-0.05, 0) is 32.4 Å². The van der Waals surface area contributed by atoms with Crippen LogP contribution in [0.3, 0.4) is 0 Å². The largest absolute Gasteiger partial charge is 0.377 e. The number of nitriles is 1. The van der Waals surface area contributed by atoms with Gasteiger partial charge in [-0.1, -0.05) is 12.1 Å². The van der Waals surface area contributed by atoms with Gasteiger partial charge in [0.25, 0.3) is 0 Å². The number of nitrogens with one attached hydrogen (secondary N) is 1. The second kappa shape index (κ2) is 5.57. The van der Waals surface area contributed by atoms with Gasteiger partial charge in [0.1, 0.15) is 6.07 Å². The molecule has 0 amide bonds. The maximum atomic E-state index is 9.22. The molecule has 0 aliphatic rings. The minimum atomic E-state index is 0.120. The zero-order valence-electron chi connectivity index (χ0n) is 11.5. The van der Waals surface area contributed by atoms with E-state index < -0.39 is 0 Å². The maximum absolute atomic E-state index is 9.22. The summed E-state index contributed by atoms with van der Waals surface area (Å²) in [6.45, 7) is 6.94. The number of aryl methyl sites for hydroxylation is 2. The molecule has 0 aliphatic heterocycles. The zero-order valence-corrected chi connectivity index (χ0v) is 11.5. The molecule has 4 nitrogen and oxygen atoms in total. The molecule has 0 bridgehead atoms. The van der Waals surface area contributed by atoms with E-state index in [1.54, 1.807) is 0 Å². The zero-order chi connectivity index (χ0) is 13.8.